The summed E-state index contributed by atoms with van der Waals surface area (Å²) in [6, 6.07) is 2.19. The molecule has 0 aromatic rings. The molecule has 1 atom stereocenters. The second kappa shape index (κ2) is 7.49. The number of nitrogens with zero attached hydrogens (tertiary/aromatic N) is 2. The molecule has 0 radical (unpaired) electrons. The van der Waals surface area contributed by atoms with Gasteiger partial charge in [-0.2, -0.15) is 5.26 Å². The molecule has 19 heavy (non-hydrogen) atoms. The van der Waals surface area contributed by atoms with Crippen molar-refractivity contribution >= 4 is 5.91 Å². The second-order valence-electron chi connectivity index (χ2n) is 5.72. The lowest BCUT2D eigenvalue weighted by atomic mass is 9.83. The van der Waals surface area contributed by atoms with E-state index in [-0.39, 0.29) is 5.91 Å². The highest BCUT2D eigenvalue weighted by Crippen LogP contribution is 2.25. The summed E-state index contributed by atoms with van der Waals surface area (Å²) in [5.41, 5.74) is -0.840. The van der Waals surface area contributed by atoms with Crippen LogP contribution in [0.25, 0.3) is 0 Å². The minimum Gasteiger partial charge on any atom is -0.354 e. The van der Waals surface area contributed by atoms with E-state index in [1.54, 1.807) is 0 Å². The molecule has 1 unspecified atom stereocenters. The molecule has 1 N–H and O–H groups in total. The van der Waals surface area contributed by atoms with E-state index >= 15 is 0 Å². The molecule has 1 saturated heterocycles. The lowest BCUT2D eigenvalue weighted by Gasteiger charge is -2.25. The Bertz CT molecular complexity index is 325. The fraction of sp³-hybridized carbons (Fsp3) is 0.867. The topological polar surface area (TPSA) is 56.1 Å². The summed E-state index contributed by atoms with van der Waals surface area (Å²) in [6.45, 7) is 10.0. The standard InChI is InChI=1S/C15H27N3O/c1-4-15(5-2,12-16)14(19)17-10-13(3)11-18-8-6-7-9-18/h13H,4-11H2,1-3H3,(H,17,19). The van der Waals surface area contributed by atoms with E-state index in [1.165, 1.54) is 25.9 Å². The molecule has 108 valence electrons. The smallest absolute Gasteiger partial charge is 0.240 e. The molecule has 0 aliphatic carbocycles. The van der Waals surface area contributed by atoms with Crippen molar-refractivity contribution in [2.24, 2.45) is 11.3 Å². The van der Waals surface area contributed by atoms with Gasteiger partial charge < -0.3 is 10.2 Å². The molecule has 1 heterocycles. The Morgan fingerprint density at radius 3 is 2.42 bits per heavy atom. The maximum atomic E-state index is 12.2. The number of carbonyl (C=O) groups is 1. The lowest BCUT2D eigenvalue weighted by Crippen LogP contribution is -2.42. The number of carbonyl (C=O) groups excluding carboxylic acids is 1. The highest BCUT2D eigenvalue weighted by molar-refractivity contribution is 5.85. The van der Waals surface area contributed by atoms with Crippen molar-refractivity contribution < 1.29 is 4.79 Å². The first-order valence-electron chi connectivity index (χ1n) is 7.50. The molecule has 4 nitrogen and oxygen atoms in total. The van der Waals surface area contributed by atoms with E-state index in [0.717, 1.165) is 6.54 Å². The Morgan fingerprint density at radius 2 is 1.95 bits per heavy atom. The molecule has 1 amide bonds. The molecule has 1 rings (SSSR count). The van der Waals surface area contributed by atoms with Crippen LogP contribution >= 0.6 is 0 Å². The van der Waals surface area contributed by atoms with E-state index < -0.39 is 5.41 Å². The number of likely N-dealkylation sites (tertiary alicyclic amines) is 1. The molecule has 0 spiro atoms. The summed E-state index contributed by atoms with van der Waals surface area (Å²) in [5, 5.41) is 12.2. The van der Waals surface area contributed by atoms with Crippen molar-refractivity contribution in [3.8, 4) is 6.07 Å². The molecule has 4 heteroatoms. The van der Waals surface area contributed by atoms with Crippen molar-refractivity contribution in [2.75, 3.05) is 26.2 Å². The molecule has 0 aromatic carbocycles. The predicted molar refractivity (Wildman–Crippen MR) is 76.5 cm³/mol. The van der Waals surface area contributed by atoms with Gasteiger partial charge >= 0.3 is 0 Å². The number of nitriles is 1. The van der Waals surface area contributed by atoms with Crippen molar-refractivity contribution in [3.63, 3.8) is 0 Å². The maximum absolute atomic E-state index is 12.2. The van der Waals surface area contributed by atoms with Crippen molar-refractivity contribution in [1.82, 2.24) is 10.2 Å². The largest absolute Gasteiger partial charge is 0.354 e. The fourth-order valence-corrected chi connectivity index (χ4v) is 2.69. The van der Waals surface area contributed by atoms with Crippen molar-refractivity contribution in [2.45, 2.75) is 46.5 Å². The first kappa shape index (κ1) is 16.0. The molecule has 0 saturated carbocycles. The molecular weight excluding hydrogens is 238 g/mol. The number of rotatable bonds is 7. The zero-order chi connectivity index (χ0) is 14.3. The van der Waals surface area contributed by atoms with E-state index in [1.807, 2.05) is 13.8 Å². The highest BCUT2D eigenvalue weighted by atomic mass is 16.2. The number of hydrogen-bond donors (Lipinski definition) is 1. The van der Waals surface area contributed by atoms with Gasteiger partial charge in [0, 0.05) is 13.1 Å². The van der Waals surface area contributed by atoms with Crippen LogP contribution in [0, 0.1) is 22.7 Å². The van der Waals surface area contributed by atoms with Crippen molar-refractivity contribution in [1.29, 1.82) is 5.26 Å². The Hall–Kier alpha value is -1.08. The Kier molecular flexibility index (Phi) is 6.30. The normalized spacial score (nSPS) is 18.0. The first-order chi connectivity index (χ1) is 9.07. The zero-order valence-corrected chi connectivity index (χ0v) is 12.5. The minimum absolute atomic E-state index is 0.103. The number of hydrogen-bond acceptors (Lipinski definition) is 3. The number of amides is 1. The van der Waals surface area contributed by atoms with Gasteiger partial charge in [-0.3, -0.25) is 4.79 Å². The average molecular weight is 265 g/mol. The summed E-state index contributed by atoms with van der Waals surface area (Å²) in [4.78, 5) is 14.6. The SMILES string of the molecule is CCC(C#N)(CC)C(=O)NCC(C)CN1CCCC1. The summed E-state index contributed by atoms with van der Waals surface area (Å²) in [5.74, 6) is 0.334. The summed E-state index contributed by atoms with van der Waals surface area (Å²) < 4.78 is 0. The van der Waals surface area contributed by atoms with Crippen LogP contribution in [0.15, 0.2) is 0 Å². The van der Waals surface area contributed by atoms with Crippen LogP contribution < -0.4 is 5.32 Å². The molecule has 1 aliphatic rings. The van der Waals surface area contributed by atoms with Gasteiger partial charge in [0.15, 0.2) is 0 Å². The Morgan fingerprint density at radius 1 is 1.37 bits per heavy atom. The molecular formula is C15H27N3O. The van der Waals surface area contributed by atoms with Crippen molar-refractivity contribution in [3.05, 3.63) is 0 Å². The highest BCUT2D eigenvalue weighted by Gasteiger charge is 2.34. The van der Waals surface area contributed by atoms with Gasteiger partial charge in [0.1, 0.15) is 5.41 Å². The van der Waals surface area contributed by atoms with Crippen LogP contribution in [-0.2, 0) is 4.79 Å². The molecule has 0 bridgehead atoms. The quantitative estimate of drug-likeness (QED) is 0.767. The van der Waals surface area contributed by atoms with Gasteiger partial charge in [-0.15, -0.1) is 0 Å². The third kappa shape index (κ3) is 4.21. The fourth-order valence-electron chi connectivity index (χ4n) is 2.69. The third-order valence-electron chi connectivity index (χ3n) is 4.24. The predicted octanol–water partition coefficient (Wildman–Crippen LogP) is 2.16. The van der Waals surface area contributed by atoms with E-state index in [9.17, 15) is 10.1 Å². The molecule has 1 aliphatic heterocycles. The van der Waals surface area contributed by atoms with Crippen LogP contribution in [0.3, 0.4) is 0 Å². The molecule has 0 aromatic heterocycles. The average Bonchev–Trinajstić information content (AvgIpc) is 2.92. The van der Waals surface area contributed by atoms with Crippen LogP contribution in [0.4, 0.5) is 0 Å². The zero-order valence-electron chi connectivity index (χ0n) is 12.5. The Labute approximate surface area is 117 Å². The van der Waals surface area contributed by atoms with Gasteiger partial charge in [-0.1, -0.05) is 20.8 Å². The van der Waals surface area contributed by atoms with Gasteiger partial charge in [0.25, 0.3) is 0 Å². The third-order valence-corrected chi connectivity index (χ3v) is 4.24. The molecule has 1 fully saturated rings. The van der Waals surface area contributed by atoms with Crippen LogP contribution in [0.2, 0.25) is 0 Å². The van der Waals surface area contributed by atoms with Crippen LogP contribution in [0.1, 0.15) is 46.5 Å². The summed E-state index contributed by atoms with van der Waals surface area (Å²) in [7, 11) is 0. The van der Waals surface area contributed by atoms with Gasteiger partial charge in [0.05, 0.1) is 6.07 Å². The van der Waals surface area contributed by atoms with E-state index in [0.29, 0.717) is 25.3 Å². The van der Waals surface area contributed by atoms with Crippen LogP contribution in [0.5, 0.6) is 0 Å². The second-order valence-corrected chi connectivity index (χ2v) is 5.72. The Balaban J connectivity index is 2.38. The minimum atomic E-state index is -0.840. The summed E-state index contributed by atoms with van der Waals surface area (Å²) >= 11 is 0. The lowest BCUT2D eigenvalue weighted by molar-refractivity contribution is -0.128. The van der Waals surface area contributed by atoms with Gasteiger partial charge in [-0.25, -0.2) is 0 Å². The van der Waals surface area contributed by atoms with Gasteiger partial charge in [0.2, 0.25) is 5.91 Å². The number of nitrogens with one attached hydrogen (secondary N) is 1. The van der Waals surface area contributed by atoms with E-state index in [2.05, 4.69) is 23.2 Å². The maximum Gasteiger partial charge on any atom is 0.240 e. The summed E-state index contributed by atoms with van der Waals surface area (Å²) in [6.07, 6.45) is 3.74. The monoisotopic (exact) mass is 265 g/mol. The van der Waals surface area contributed by atoms with Crippen LogP contribution in [-0.4, -0.2) is 37.0 Å². The van der Waals surface area contributed by atoms with E-state index in [4.69, 9.17) is 0 Å². The first-order valence-corrected chi connectivity index (χ1v) is 7.50. The van der Waals surface area contributed by atoms with Gasteiger partial charge in [-0.05, 0) is 44.7 Å².